The summed E-state index contributed by atoms with van der Waals surface area (Å²) in [7, 11) is 0. The van der Waals surface area contributed by atoms with Crippen molar-refractivity contribution in [2.45, 2.75) is 6.92 Å². The van der Waals surface area contributed by atoms with Crippen LogP contribution in [0.3, 0.4) is 0 Å². The fourth-order valence-corrected chi connectivity index (χ4v) is 1.70. The Kier molecular flexibility index (Phi) is 6.97. The van der Waals surface area contributed by atoms with E-state index in [0.29, 0.717) is 18.9 Å². The summed E-state index contributed by atoms with van der Waals surface area (Å²) in [6, 6.07) is 7.09. The molecule has 0 aliphatic rings. The summed E-state index contributed by atoms with van der Waals surface area (Å²) in [4.78, 5) is 23.1. The van der Waals surface area contributed by atoms with Gasteiger partial charge in [0.15, 0.2) is 0 Å². The van der Waals surface area contributed by atoms with Crippen LogP contribution < -0.4 is 10.5 Å². The predicted octanol–water partition coefficient (Wildman–Crippen LogP) is 0.970. The Morgan fingerprint density at radius 3 is 2.52 bits per heavy atom. The van der Waals surface area contributed by atoms with Crippen LogP contribution in [0.4, 0.5) is 0 Å². The maximum Gasteiger partial charge on any atom is 0.328 e. The molecule has 6 nitrogen and oxygen atoms in total. The van der Waals surface area contributed by atoms with Crippen LogP contribution in [0.25, 0.3) is 6.08 Å². The molecule has 1 amide bonds. The number of amides is 1. The number of benzene rings is 1. The molecular weight excluding hydrogens is 272 g/mol. The third-order valence-electron chi connectivity index (χ3n) is 2.80. The van der Waals surface area contributed by atoms with Crippen molar-refractivity contribution in [3.8, 4) is 5.75 Å². The summed E-state index contributed by atoms with van der Waals surface area (Å²) in [5, 5.41) is 8.53. The molecule has 0 saturated heterocycles. The standard InChI is InChI=1S/C15H20N2O4/c1-2-17(11-14(16)18)9-10-21-13-6-3-12(4-7-13)5-8-15(19)20/h3-8H,2,9-11H2,1H3,(H2,16,18)(H,19,20)/b8-5+. The van der Waals surface area contributed by atoms with E-state index in [0.717, 1.165) is 18.2 Å². The highest BCUT2D eigenvalue weighted by Gasteiger charge is 2.05. The summed E-state index contributed by atoms with van der Waals surface area (Å²) >= 11 is 0. The first-order valence-electron chi connectivity index (χ1n) is 6.65. The predicted molar refractivity (Wildman–Crippen MR) is 79.9 cm³/mol. The molecule has 0 aliphatic heterocycles. The van der Waals surface area contributed by atoms with Gasteiger partial charge < -0.3 is 15.6 Å². The monoisotopic (exact) mass is 292 g/mol. The molecule has 0 unspecified atom stereocenters. The number of hydrogen-bond donors (Lipinski definition) is 2. The van der Waals surface area contributed by atoms with Crippen LogP contribution in [0.15, 0.2) is 30.3 Å². The first-order valence-corrected chi connectivity index (χ1v) is 6.65. The second-order valence-electron chi connectivity index (χ2n) is 4.42. The van der Waals surface area contributed by atoms with Crippen molar-refractivity contribution in [1.29, 1.82) is 0 Å². The van der Waals surface area contributed by atoms with Gasteiger partial charge in [0, 0.05) is 12.6 Å². The van der Waals surface area contributed by atoms with Crippen molar-refractivity contribution in [1.82, 2.24) is 4.90 Å². The number of carbonyl (C=O) groups is 2. The van der Waals surface area contributed by atoms with Crippen LogP contribution in [-0.4, -0.2) is 48.1 Å². The maximum atomic E-state index is 10.8. The first-order chi connectivity index (χ1) is 10.0. The smallest absolute Gasteiger partial charge is 0.328 e. The number of rotatable bonds is 9. The third-order valence-corrected chi connectivity index (χ3v) is 2.80. The molecule has 1 aromatic rings. The van der Waals surface area contributed by atoms with Crippen LogP contribution in [0.1, 0.15) is 12.5 Å². The number of nitrogens with two attached hydrogens (primary N) is 1. The van der Waals surface area contributed by atoms with Crippen LogP contribution >= 0.6 is 0 Å². The molecule has 114 valence electrons. The van der Waals surface area contributed by atoms with Gasteiger partial charge in [-0.3, -0.25) is 9.69 Å². The van der Waals surface area contributed by atoms with E-state index in [2.05, 4.69) is 0 Å². The summed E-state index contributed by atoms with van der Waals surface area (Å²) in [6.45, 7) is 3.96. The van der Waals surface area contributed by atoms with Gasteiger partial charge in [0.05, 0.1) is 6.54 Å². The maximum absolute atomic E-state index is 10.8. The highest BCUT2D eigenvalue weighted by atomic mass is 16.5. The summed E-state index contributed by atoms with van der Waals surface area (Å²) < 4.78 is 5.57. The average molecular weight is 292 g/mol. The highest BCUT2D eigenvalue weighted by Crippen LogP contribution is 2.13. The van der Waals surface area contributed by atoms with Gasteiger partial charge in [-0.25, -0.2) is 4.79 Å². The summed E-state index contributed by atoms with van der Waals surface area (Å²) in [6.07, 6.45) is 2.59. The lowest BCUT2D eigenvalue weighted by Gasteiger charge is -2.18. The number of likely N-dealkylation sites (N-methyl/N-ethyl adjacent to an activating group) is 1. The van der Waals surface area contributed by atoms with Crippen molar-refractivity contribution >= 4 is 18.0 Å². The molecule has 0 spiro atoms. The molecule has 21 heavy (non-hydrogen) atoms. The Balaban J connectivity index is 2.42. The fourth-order valence-electron chi connectivity index (χ4n) is 1.70. The molecule has 0 radical (unpaired) electrons. The SMILES string of the molecule is CCN(CCOc1ccc(/C=C/C(=O)O)cc1)CC(N)=O. The van der Waals surface area contributed by atoms with Gasteiger partial charge >= 0.3 is 5.97 Å². The van der Waals surface area contributed by atoms with Crippen LogP contribution in [0, 0.1) is 0 Å². The van der Waals surface area contributed by atoms with Crippen molar-refractivity contribution in [2.24, 2.45) is 5.73 Å². The van der Waals surface area contributed by atoms with Gasteiger partial charge in [-0.15, -0.1) is 0 Å². The van der Waals surface area contributed by atoms with E-state index < -0.39 is 5.97 Å². The number of hydrogen-bond acceptors (Lipinski definition) is 4. The number of primary amides is 1. The molecule has 0 bridgehead atoms. The highest BCUT2D eigenvalue weighted by molar-refractivity contribution is 5.85. The summed E-state index contributed by atoms with van der Waals surface area (Å²) in [5.74, 6) is -0.645. The first kappa shape index (κ1) is 16.7. The molecule has 0 saturated carbocycles. The van der Waals surface area contributed by atoms with Crippen LogP contribution in [0.2, 0.25) is 0 Å². The van der Waals surface area contributed by atoms with Crippen molar-refractivity contribution < 1.29 is 19.4 Å². The number of nitrogens with zero attached hydrogens (tertiary/aromatic N) is 1. The lowest BCUT2D eigenvalue weighted by molar-refractivity contribution is -0.131. The second-order valence-corrected chi connectivity index (χ2v) is 4.42. The molecule has 0 atom stereocenters. The van der Waals surface area contributed by atoms with E-state index in [1.165, 1.54) is 6.08 Å². The van der Waals surface area contributed by atoms with Gasteiger partial charge in [0.2, 0.25) is 5.91 Å². The number of aliphatic carboxylic acids is 1. The number of ether oxygens (including phenoxy) is 1. The molecular formula is C15H20N2O4. The molecule has 1 aromatic carbocycles. The van der Waals surface area contributed by atoms with Crippen LogP contribution in [-0.2, 0) is 9.59 Å². The molecule has 6 heteroatoms. The van der Waals surface area contributed by atoms with E-state index in [9.17, 15) is 9.59 Å². The topological polar surface area (TPSA) is 92.9 Å². The number of carbonyl (C=O) groups excluding carboxylic acids is 1. The third kappa shape index (κ3) is 7.12. The number of carboxylic acids is 1. The normalized spacial score (nSPS) is 11.0. The lowest BCUT2D eigenvalue weighted by Crippen LogP contribution is -2.36. The molecule has 0 aromatic heterocycles. The summed E-state index contributed by atoms with van der Waals surface area (Å²) in [5.41, 5.74) is 5.93. The molecule has 0 heterocycles. The van der Waals surface area contributed by atoms with Gasteiger partial charge in [-0.2, -0.15) is 0 Å². The molecule has 3 N–H and O–H groups in total. The van der Waals surface area contributed by atoms with Crippen LogP contribution in [0.5, 0.6) is 5.75 Å². The Labute approximate surface area is 123 Å². The van der Waals surface area contributed by atoms with E-state index in [-0.39, 0.29) is 12.5 Å². The minimum Gasteiger partial charge on any atom is -0.492 e. The largest absolute Gasteiger partial charge is 0.492 e. The van der Waals surface area contributed by atoms with Crippen molar-refractivity contribution in [3.05, 3.63) is 35.9 Å². The van der Waals surface area contributed by atoms with E-state index in [1.54, 1.807) is 24.3 Å². The number of carboxylic acid groups (broad SMARTS) is 1. The van der Waals surface area contributed by atoms with Gasteiger partial charge in [0.25, 0.3) is 0 Å². The Bertz CT molecular complexity index is 497. The van der Waals surface area contributed by atoms with Crippen molar-refractivity contribution in [2.75, 3.05) is 26.2 Å². The van der Waals surface area contributed by atoms with Gasteiger partial charge in [0.1, 0.15) is 12.4 Å². The van der Waals surface area contributed by atoms with E-state index >= 15 is 0 Å². The Morgan fingerprint density at radius 2 is 2.00 bits per heavy atom. The molecule has 0 aliphatic carbocycles. The fraction of sp³-hybridized carbons (Fsp3) is 0.333. The Hall–Kier alpha value is -2.34. The zero-order chi connectivity index (χ0) is 15.7. The quantitative estimate of drug-likeness (QED) is 0.662. The second kappa shape index (κ2) is 8.76. The average Bonchev–Trinajstić information content (AvgIpc) is 2.44. The van der Waals surface area contributed by atoms with Crippen molar-refractivity contribution in [3.63, 3.8) is 0 Å². The van der Waals surface area contributed by atoms with Gasteiger partial charge in [-0.05, 0) is 30.3 Å². The van der Waals surface area contributed by atoms with E-state index in [1.807, 2.05) is 11.8 Å². The van der Waals surface area contributed by atoms with Gasteiger partial charge in [-0.1, -0.05) is 19.1 Å². The minimum atomic E-state index is -0.982. The van der Waals surface area contributed by atoms with E-state index in [4.69, 9.17) is 15.6 Å². The zero-order valence-electron chi connectivity index (χ0n) is 12.0. The molecule has 0 fully saturated rings. The minimum absolute atomic E-state index is 0.221. The zero-order valence-corrected chi connectivity index (χ0v) is 12.0. The lowest BCUT2D eigenvalue weighted by atomic mass is 10.2. The molecule has 1 rings (SSSR count). The Morgan fingerprint density at radius 1 is 1.33 bits per heavy atom.